The van der Waals surface area contributed by atoms with Crippen LogP contribution in [0.25, 0.3) is 11.0 Å². The first-order valence-corrected chi connectivity index (χ1v) is 8.41. The van der Waals surface area contributed by atoms with E-state index in [2.05, 4.69) is 15.4 Å². The monoisotopic (exact) mass is 409 g/mol. The number of benzene rings is 1. The molecule has 1 amide bonds. The number of carbonyl (C=O) groups excluding carboxylic acids is 1. The van der Waals surface area contributed by atoms with Gasteiger partial charge in [-0.25, -0.2) is 18.4 Å². The molecular weight excluding hydrogens is 396 g/mol. The summed E-state index contributed by atoms with van der Waals surface area (Å²) in [5, 5.41) is 18.0. The average molecular weight is 410 g/mol. The maximum Gasteiger partial charge on any atom is 0.294 e. The number of fused-ring (bicyclic) bond motifs is 1. The summed E-state index contributed by atoms with van der Waals surface area (Å²) in [6, 6.07) is 5.10. The van der Waals surface area contributed by atoms with Crippen LogP contribution < -0.4 is 5.32 Å². The summed E-state index contributed by atoms with van der Waals surface area (Å²) in [5.41, 5.74) is 0.204. The molecule has 1 N–H and O–H groups in total. The highest BCUT2D eigenvalue weighted by Crippen LogP contribution is 2.30. The molecule has 28 heavy (non-hydrogen) atoms. The van der Waals surface area contributed by atoms with E-state index in [0.717, 1.165) is 6.07 Å². The van der Waals surface area contributed by atoms with Crippen molar-refractivity contribution in [2.24, 2.45) is 0 Å². The minimum atomic E-state index is -2.72. The van der Waals surface area contributed by atoms with Gasteiger partial charge < -0.3 is 5.32 Å². The third-order valence-corrected chi connectivity index (χ3v) is 4.23. The highest BCUT2D eigenvalue weighted by atomic mass is 35.5. The maximum absolute atomic E-state index is 13.4. The number of rotatable bonds is 5. The number of anilines is 1. The lowest BCUT2D eigenvalue weighted by atomic mass is 10.1. The second-order valence-corrected chi connectivity index (χ2v) is 6.50. The van der Waals surface area contributed by atoms with E-state index in [4.69, 9.17) is 11.6 Å². The molecule has 0 unspecified atom stereocenters. The van der Waals surface area contributed by atoms with Gasteiger partial charge in [0.2, 0.25) is 5.91 Å². The van der Waals surface area contributed by atoms with E-state index in [1.165, 1.54) is 22.9 Å². The van der Waals surface area contributed by atoms with Gasteiger partial charge >= 0.3 is 0 Å². The molecule has 11 heteroatoms. The number of nitrogens with one attached hydrogen (secondary N) is 1. The SMILES string of the molecule is Cc1cc(C(F)F)c2c(C)nn(CC(=O)Nc3ccc(Cl)cc3[N+](=O)[O-])c2n1. The van der Waals surface area contributed by atoms with Gasteiger partial charge in [-0.3, -0.25) is 14.9 Å². The fraction of sp³-hybridized carbons (Fsp3) is 0.235. The molecule has 0 aliphatic heterocycles. The number of amides is 1. The van der Waals surface area contributed by atoms with Crippen LogP contribution >= 0.6 is 11.6 Å². The van der Waals surface area contributed by atoms with E-state index in [1.54, 1.807) is 13.8 Å². The molecule has 2 aromatic heterocycles. The highest BCUT2D eigenvalue weighted by molar-refractivity contribution is 6.31. The Morgan fingerprint density at radius 2 is 2.07 bits per heavy atom. The standard InChI is InChI=1S/C17H14ClF2N5O3/c1-8-5-11(16(19)20)15-9(2)23-24(17(15)21-8)7-14(26)22-12-4-3-10(18)6-13(12)25(27)28/h3-6,16H,7H2,1-2H3,(H,22,26). The van der Waals surface area contributed by atoms with Crippen molar-refractivity contribution >= 4 is 39.9 Å². The van der Waals surface area contributed by atoms with Crippen LogP contribution in [-0.4, -0.2) is 25.6 Å². The Morgan fingerprint density at radius 3 is 2.71 bits per heavy atom. The molecule has 0 aliphatic carbocycles. The summed E-state index contributed by atoms with van der Waals surface area (Å²) >= 11 is 5.75. The molecule has 0 saturated heterocycles. The smallest absolute Gasteiger partial charge is 0.294 e. The number of pyridine rings is 1. The van der Waals surface area contributed by atoms with Gasteiger partial charge in [-0.15, -0.1) is 0 Å². The van der Waals surface area contributed by atoms with E-state index in [0.29, 0.717) is 11.4 Å². The van der Waals surface area contributed by atoms with Gasteiger partial charge in [0.05, 0.1) is 16.0 Å². The zero-order chi connectivity index (χ0) is 20.6. The number of hydrogen-bond acceptors (Lipinski definition) is 5. The maximum atomic E-state index is 13.4. The van der Waals surface area contributed by atoms with Crippen molar-refractivity contribution in [3.05, 3.63) is 56.4 Å². The average Bonchev–Trinajstić information content (AvgIpc) is 2.90. The topological polar surface area (TPSA) is 103 Å². The number of nitro benzene ring substituents is 1. The van der Waals surface area contributed by atoms with E-state index in [-0.39, 0.29) is 39.5 Å². The Hall–Kier alpha value is -3.14. The van der Waals surface area contributed by atoms with Crippen molar-refractivity contribution < 1.29 is 18.5 Å². The Morgan fingerprint density at radius 1 is 1.36 bits per heavy atom. The molecule has 0 saturated carbocycles. The fourth-order valence-electron chi connectivity index (χ4n) is 2.89. The van der Waals surface area contributed by atoms with Crippen molar-refractivity contribution in [1.29, 1.82) is 0 Å². The Balaban J connectivity index is 1.94. The largest absolute Gasteiger partial charge is 0.319 e. The summed E-state index contributed by atoms with van der Waals surface area (Å²) in [7, 11) is 0. The first kappa shape index (κ1) is 19.6. The number of hydrogen-bond donors (Lipinski definition) is 1. The van der Waals surface area contributed by atoms with Crippen molar-refractivity contribution in [2.45, 2.75) is 26.8 Å². The van der Waals surface area contributed by atoms with Gasteiger partial charge in [0.15, 0.2) is 5.65 Å². The van der Waals surface area contributed by atoms with Gasteiger partial charge in [0, 0.05) is 22.3 Å². The second-order valence-electron chi connectivity index (χ2n) is 6.06. The van der Waals surface area contributed by atoms with Gasteiger partial charge in [0.1, 0.15) is 12.2 Å². The first-order chi connectivity index (χ1) is 13.2. The fourth-order valence-corrected chi connectivity index (χ4v) is 3.05. The molecule has 1 aromatic carbocycles. The third-order valence-electron chi connectivity index (χ3n) is 3.99. The quantitative estimate of drug-likeness (QED) is 0.502. The van der Waals surface area contributed by atoms with Crippen molar-refractivity contribution in [3.63, 3.8) is 0 Å². The number of aryl methyl sites for hydroxylation is 2. The number of aromatic nitrogens is 3. The summed E-state index contributed by atoms with van der Waals surface area (Å²) in [5.74, 6) is -0.628. The molecule has 146 valence electrons. The number of carbonyl (C=O) groups is 1. The number of alkyl halides is 2. The number of halogens is 3. The predicted molar refractivity (Wildman–Crippen MR) is 98.7 cm³/mol. The van der Waals surface area contributed by atoms with Gasteiger partial charge in [-0.2, -0.15) is 5.10 Å². The first-order valence-electron chi connectivity index (χ1n) is 8.04. The molecule has 3 aromatic rings. The lowest BCUT2D eigenvalue weighted by Gasteiger charge is -2.08. The minimum Gasteiger partial charge on any atom is -0.319 e. The molecule has 3 rings (SSSR count). The Bertz CT molecular complexity index is 1100. The van der Waals surface area contributed by atoms with Crippen molar-refractivity contribution in [1.82, 2.24) is 14.8 Å². The Kier molecular flexibility index (Phi) is 5.23. The van der Waals surface area contributed by atoms with Crippen LogP contribution in [0.5, 0.6) is 0 Å². The minimum absolute atomic E-state index is 0.0370. The van der Waals surface area contributed by atoms with Crippen LogP contribution in [0, 0.1) is 24.0 Å². The number of nitro groups is 1. The van der Waals surface area contributed by atoms with E-state index in [1.807, 2.05) is 0 Å². The summed E-state index contributed by atoms with van der Waals surface area (Å²) < 4.78 is 27.9. The van der Waals surface area contributed by atoms with Gasteiger partial charge in [-0.05, 0) is 32.0 Å². The summed E-state index contributed by atoms with van der Waals surface area (Å²) in [4.78, 5) is 27.1. The molecule has 0 aliphatic rings. The third kappa shape index (κ3) is 3.77. The number of nitrogens with zero attached hydrogens (tertiary/aromatic N) is 4. The van der Waals surface area contributed by atoms with Crippen molar-refractivity contribution in [2.75, 3.05) is 5.32 Å². The normalized spacial score (nSPS) is 11.2. The van der Waals surface area contributed by atoms with Crippen molar-refractivity contribution in [3.8, 4) is 0 Å². The van der Waals surface area contributed by atoms with Gasteiger partial charge in [0.25, 0.3) is 12.1 Å². The van der Waals surface area contributed by atoms with Crippen LogP contribution in [0.15, 0.2) is 24.3 Å². The lowest BCUT2D eigenvalue weighted by Crippen LogP contribution is -2.20. The zero-order valence-corrected chi connectivity index (χ0v) is 15.5. The highest BCUT2D eigenvalue weighted by Gasteiger charge is 2.22. The van der Waals surface area contributed by atoms with Crippen LogP contribution in [0.4, 0.5) is 20.2 Å². The molecule has 2 heterocycles. The van der Waals surface area contributed by atoms with E-state index >= 15 is 0 Å². The summed E-state index contributed by atoms with van der Waals surface area (Å²) in [6.45, 7) is 2.75. The van der Waals surface area contributed by atoms with Crippen LogP contribution in [0.1, 0.15) is 23.4 Å². The zero-order valence-electron chi connectivity index (χ0n) is 14.7. The Labute approximate surface area is 162 Å². The van der Waals surface area contributed by atoms with E-state index in [9.17, 15) is 23.7 Å². The lowest BCUT2D eigenvalue weighted by molar-refractivity contribution is -0.383. The molecule has 0 bridgehead atoms. The van der Waals surface area contributed by atoms with Crippen LogP contribution in [0.3, 0.4) is 0 Å². The molecular formula is C17H14ClF2N5O3. The predicted octanol–water partition coefficient (Wildman–Crippen LogP) is 4.19. The second kappa shape index (κ2) is 7.47. The van der Waals surface area contributed by atoms with Crippen LogP contribution in [-0.2, 0) is 11.3 Å². The molecule has 0 atom stereocenters. The molecule has 8 nitrogen and oxygen atoms in total. The van der Waals surface area contributed by atoms with Crippen LogP contribution in [0.2, 0.25) is 5.02 Å². The molecule has 0 fully saturated rings. The van der Waals surface area contributed by atoms with Gasteiger partial charge in [-0.1, -0.05) is 11.6 Å². The molecule has 0 spiro atoms. The molecule has 0 radical (unpaired) electrons. The summed E-state index contributed by atoms with van der Waals surface area (Å²) in [6.07, 6.45) is -2.72. The van der Waals surface area contributed by atoms with E-state index < -0.39 is 17.3 Å².